The summed E-state index contributed by atoms with van der Waals surface area (Å²) in [5, 5.41) is 2.88. The lowest BCUT2D eigenvalue weighted by Crippen LogP contribution is -2.01. The van der Waals surface area contributed by atoms with Crippen molar-refractivity contribution in [3.63, 3.8) is 0 Å². The van der Waals surface area contributed by atoms with Crippen molar-refractivity contribution in [3.8, 4) is 0 Å². The highest BCUT2D eigenvalue weighted by atomic mass is 16.5. The van der Waals surface area contributed by atoms with Gasteiger partial charge in [0.25, 0.3) is 6.47 Å². The van der Waals surface area contributed by atoms with E-state index in [0.29, 0.717) is 13.1 Å². The molecule has 0 aliphatic rings. The van der Waals surface area contributed by atoms with E-state index >= 15 is 0 Å². The first-order chi connectivity index (χ1) is 6.24. The van der Waals surface area contributed by atoms with Gasteiger partial charge in [0.05, 0.1) is 0 Å². The standard InChI is InChI=1S/C10H15NO2/c1-4-10(7-13-8-12)6-5-9(2)11-3/h4-6,8,11H,2,7H2,1,3H3/b6-5-,10-4+. The zero-order valence-corrected chi connectivity index (χ0v) is 8.04. The summed E-state index contributed by atoms with van der Waals surface area (Å²) in [7, 11) is 1.80. The number of carbonyl (C=O) groups excluding carboxylic acids is 1. The van der Waals surface area contributed by atoms with Crippen molar-refractivity contribution >= 4 is 6.47 Å². The first-order valence-electron chi connectivity index (χ1n) is 3.99. The van der Waals surface area contributed by atoms with Crippen molar-refractivity contribution in [3.05, 3.63) is 36.1 Å². The molecule has 0 fully saturated rings. The van der Waals surface area contributed by atoms with E-state index in [1.165, 1.54) is 0 Å². The Kier molecular flexibility index (Phi) is 6.32. The SMILES string of the molecule is C=C(/C=C\C(=C/C)COC=O)NC. The number of hydrogen-bond acceptors (Lipinski definition) is 3. The molecule has 0 rings (SSSR count). The van der Waals surface area contributed by atoms with Gasteiger partial charge in [-0.15, -0.1) is 0 Å². The zero-order chi connectivity index (χ0) is 10.1. The maximum atomic E-state index is 9.92. The quantitative estimate of drug-likeness (QED) is 0.497. The lowest BCUT2D eigenvalue weighted by atomic mass is 10.2. The maximum absolute atomic E-state index is 9.92. The molecule has 0 saturated heterocycles. The van der Waals surface area contributed by atoms with Crippen LogP contribution in [-0.2, 0) is 9.53 Å². The Labute approximate surface area is 78.8 Å². The zero-order valence-electron chi connectivity index (χ0n) is 8.04. The van der Waals surface area contributed by atoms with Gasteiger partial charge in [-0.1, -0.05) is 18.7 Å². The Morgan fingerprint density at radius 2 is 2.23 bits per heavy atom. The largest absolute Gasteiger partial charge is 0.463 e. The van der Waals surface area contributed by atoms with E-state index in [2.05, 4.69) is 16.6 Å². The van der Waals surface area contributed by atoms with Crippen LogP contribution in [0.1, 0.15) is 6.92 Å². The average molecular weight is 181 g/mol. The summed E-state index contributed by atoms with van der Waals surface area (Å²) in [5.41, 5.74) is 1.74. The second-order valence-corrected chi connectivity index (χ2v) is 2.38. The average Bonchev–Trinajstić information content (AvgIpc) is 2.17. The molecule has 0 aliphatic heterocycles. The molecule has 72 valence electrons. The van der Waals surface area contributed by atoms with Crippen LogP contribution in [0.4, 0.5) is 0 Å². The van der Waals surface area contributed by atoms with Gasteiger partial charge in [0.1, 0.15) is 6.61 Å². The molecule has 3 heteroatoms. The molecule has 0 heterocycles. The second kappa shape index (κ2) is 7.16. The molecule has 0 bridgehead atoms. The van der Waals surface area contributed by atoms with Crippen molar-refractivity contribution in [2.75, 3.05) is 13.7 Å². The molecule has 0 saturated carbocycles. The fourth-order valence-corrected chi connectivity index (χ4v) is 0.649. The van der Waals surface area contributed by atoms with Gasteiger partial charge >= 0.3 is 0 Å². The van der Waals surface area contributed by atoms with Crippen LogP contribution in [0, 0.1) is 0 Å². The lowest BCUT2D eigenvalue weighted by Gasteiger charge is -2.00. The highest BCUT2D eigenvalue weighted by Crippen LogP contribution is 1.99. The Hall–Kier alpha value is -1.51. The van der Waals surface area contributed by atoms with Gasteiger partial charge in [-0.2, -0.15) is 0 Å². The Morgan fingerprint density at radius 1 is 1.54 bits per heavy atom. The second-order valence-electron chi connectivity index (χ2n) is 2.38. The smallest absolute Gasteiger partial charge is 0.293 e. The predicted octanol–water partition coefficient (Wildman–Crippen LogP) is 1.40. The van der Waals surface area contributed by atoms with Gasteiger partial charge in [0.2, 0.25) is 0 Å². The van der Waals surface area contributed by atoms with Crippen LogP contribution in [0.3, 0.4) is 0 Å². The van der Waals surface area contributed by atoms with Crippen LogP contribution < -0.4 is 5.32 Å². The predicted molar refractivity (Wildman–Crippen MR) is 53.1 cm³/mol. The van der Waals surface area contributed by atoms with Gasteiger partial charge in [-0.25, -0.2) is 0 Å². The summed E-state index contributed by atoms with van der Waals surface area (Å²) in [6, 6.07) is 0. The first-order valence-corrected chi connectivity index (χ1v) is 3.99. The maximum Gasteiger partial charge on any atom is 0.293 e. The molecule has 13 heavy (non-hydrogen) atoms. The summed E-state index contributed by atoms with van der Waals surface area (Å²) in [6.45, 7) is 6.34. The molecule has 3 nitrogen and oxygen atoms in total. The van der Waals surface area contributed by atoms with Crippen molar-refractivity contribution in [1.29, 1.82) is 0 Å². The lowest BCUT2D eigenvalue weighted by molar-refractivity contribution is -0.127. The van der Waals surface area contributed by atoms with Crippen LogP contribution in [0.15, 0.2) is 36.1 Å². The van der Waals surface area contributed by atoms with Gasteiger partial charge < -0.3 is 10.1 Å². The Balaban J connectivity index is 4.05. The number of likely N-dealkylation sites (N-methyl/N-ethyl adjacent to an activating group) is 1. The number of allylic oxidation sites excluding steroid dienone is 2. The van der Waals surface area contributed by atoms with E-state index in [1.807, 2.05) is 25.2 Å². The van der Waals surface area contributed by atoms with E-state index in [-0.39, 0.29) is 0 Å². The van der Waals surface area contributed by atoms with Crippen LogP contribution in [-0.4, -0.2) is 20.1 Å². The monoisotopic (exact) mass is 181 g/mol. The highest BCUT2D eigenvalue weighted by Gasteiger charge is 1.90. The van der Waals surface area contributed by atoms with Gasteiger partial charge in [-0.05, 0) is 18.6 Å². The summed E-state index contributed by atoms with van der Waals surface area (Å²) in [4.78, 5) is 9.92. The third-order valence-corrected chi connectivity index (χ3v) is 1.51. The molecule has 0 radical (unpaired) electrons. The number of rotatable bonds is 6. The van der Waals surface area contributed by atoms with E-state index in [9.17, 15) is 4.79 Å². The molecule has 1 N–H and O–H groups in total. The molecule has 0 aromatic heterocycles. The number of hydrogen-bond donors (Lipinski definition) is 1. The van der Waals surface area contributed by atoms with Crippen LogP contribution in [0.5, 0.6) is 0 Å². The minimum Gasteiger partial charge on any atom is -0.463 e. The summed E-state index contributed by atoms with van der Waals surface area (Å²) < 4.78 is 4.60. The topological polar surface area (TPSA) is 38.3 Å². The van der Waals surface area contributed by atoms with Crippen LogP contribution in [0.2, 0.25) is 0 Å². The van der Waals surface area contributed by atoms with E-state index in [1.54, 1.807) is 7.05 Å². The van der Waals surface area contributed by atoms with Crippen molar-refractivity contribution < 1.29 is 9.53 Å². The van der Waals surface area contributed by atoms with E-state index in [0.717, 1.165) is 11.3 Å². The molecule has 0 aliphatic carbocycles. The molecular weight excluding hydrogens is 166 g/mol. The van der Waals surface area contributed by atoms with Gasteiger partial charge in [-0.3, -0.25) is 4.79 Å². The summed E-state index contributed by atoms with van der Waals surface area (Å²) >= 11 is 0. The third kappa shape index (κ3) is 5.73. The van der Waals surface area contributed by atoms with Gasteiger partial charge in [0.15, 0.2) is 0 Å². The molecule has 0 amide bonds. The number of nitrogens with one attached hydrogen (secondary N) is 1. The van der Waals surface area contributed by atoms with E-state index < -0.39 is 0 Å². The highest BCUT2D eigenvalue weighted by molar-refractivity contribution is 5.38. The minimum absolute atomic E-state index is 0.299. The third-order valence-electron chi connectivity index (χ3n) is 1.51. The summed E-state index contributed by atoms with van der Waals surface area (Å²) in [5.74, 6) is 0. The molecular formula is C10H15NO2. The summed E-state index contributed by atoms with van der Waals surface area (Å²) in [6.07, 6.45) is 5.55. The van der Waals surface area contributed by atoms with Gasteiger partial charge in [0, 0.05) is 12.7 Å². The van der Waals surface area contributed by atoms with Crippen LogP contribution >= 0.6 is 0 Å². The molecule has 0 aromatic carbocycles. The number of ether oxygens (including phenoxy) is 1. The van der Waals surface area contributed by atoms with Crippen molar-refractivity contribution in [2.24, 2.45) is 0 Å². The van der Waals surface area contributed by atoms with E-state index in [4.69, 9.17) is 0 Å². The first kappa shape index (κ1) is 11.5. The normalized spacial score (nSPS) is 11.4. The van der Waals surface area contributed by atoms with Crippen molar-refractivity contribution in [1.82, 2.24) is 5.32 Å². The molecule has 0 unspecified atom stereocenters. The Morgan fingerprint density at radius 3 is 2.69 bits per heavy atom. The van der Waals surface area contributed by atoms with Crippen molar-refractivity contribution in [2.45, 2.75) is 6.92 Å². The number of carbonyl (C=O) groups is 1. The van der Waals surface area contributed by atoms with Crippen LogP contribution in [0.25, 0.3) is 0 Å². The fourth-order valence-electron chi connectivity index (χ4n) is 0.649. The molecule has 0 aromatic rings. The minimum atomic E-state index is 0.299. The molecule has 0 atom stereocenters. The fraction of sp³-hybridized carbons (Fsp3) is 0.300. The molecule has 0 spiro atoms. The Bertz CT molecular complexity index is 229.